The van der Waals surface area contributed by atoms with Gasteiger partial charge in [-0.25, -0.2) is 0 Å². The SMILES string of the molecule is CCCCC/C=C\C/C=C\CCCCCCCCCC(=O)OCC(COCCCCCCCCCCCCCCCCCC)OC(=O)CCCCCCC/C=C\CCCCCC. The van der Waals surface area contributed by atoms with Crippen molar-refractivity contribution in [3.8, 4) is 0 Å². The average molecular weight is 871 g/mol. The summed E-state index contributed by atoms with van der Waals surface area (Å²) in [5.41, 5.74) is 0. The smallest absolute Gasteiger partial charge is 0.306 e. The normalized spacial score (nSPS) is 12.4. The zero-order valence-electron chi connectivity index (χ0n) is 41.9. The molecule has 1 unspecified atom stereocenters. The maximum absolute atomic E-state index is 12.8. The second kappa shape index (κ2) is 53.5. The molecule has 0 heterocycles. The molecule has 0 aliphatic carbocycles. The Bertz CT molecular complexity index is 986. The number of carbonyl (C=O) groups excluding carboxylic acids is 2. The summed E-state index contributed by atoms with van der Waals surface area (Å²) < 4.78 is 17.4. The van der Waals surface area contributed by atoms with Gasteiger partial charge >= 0.3 is 11.9 Å². The lowest BCUT2D eigenvalue weighted by atomic mass is 10.0. The van der Waals surface area contributed by atoms with Crippen LogP contribution in [0.1, 0.15) is 290 Å². The highest BCUT2D eigenvalue weighted by molar-refractivity contribution is 5.70. The molecule has 0 saturated heterocycles. The maximum Gasteiger partial charge on any atom is 0.306 e. The summed E-state index contributed by atoms with van der Waals surface area (Å²) in [5, 5.41) is 0. The number of hydrogen-bond donors (Lipinski definition) is 0. The molecular formula is C57H106O5. The minimum atomic E-state index is -0.539. The fraction of sp³-hybridized carbons (Fsp3) is 0.860. The average Bonchev–Trinajstić information content (AvgIpc) is 3.27. The molecule has 0 saturated carbocycles. The fourth-order valence-corrected chi connectivity index (χ4v) is 8.01. The van der Waals surface area contributed by atoms with Crippen LogP contribution in [-0.4, -0.2) is 37.9 Å². The summed E-state index contributed by atoms with van der Waals surface area (Å²) >= 11 is 0. The highest BCUT2D eigenvalue weighted by atomic mass is 16.6. The molecule has 0 rings (SSSR count). The molecular weight excluding hydrogens is 765 g/mol. The van der Waals surface area contributed by atoms with Crippen molar-refractivity contribution in [3.05, 3.63) is 36.5 Å². The molecule has 1 atom stereocenters. The summed E-state index contributed by atoms with van der Waals surface area (Å²) in [4.78, 5) is 25.4. The second-order valence-corrected chi connectivity index (χ2v) is 18.5. The van der Waals surface area contributed by atoms with Crippen molar-refractivity contribution in [2.24, 2.45) is 0 Å². The molecule has 5 nitrogen and oxygen atoms in total. The Hall–Kier alpha value is -1.88. The van der Waals surface area contributed by atoms with Gasteiger partial charge in [0.25, 0.3) is 0 Å². The quantitative estimate of drug-likeness (QED) is 0.0346. The van der Waals surface area contributed by atoms with Gasteiger partial charge in [-0.1, -0.05) is 237 Å². The molecule has 0 aliphatic heterocycles. The van der Waals surface area contributed by atoms with Gasteiger partial charge in [0, 0.05) is 19.4 Å². The summed E-state index contributed by atoms with van der Waals surface area (Å²) in [5.74, 6) is -0.401. The number of allylic oxidation sites excluding steroid dienone is 6. The minimum absolute atomic E-state index is 0.0827. The molecule has 0 amide bonds. The Morgan fingerprint density at radius 3 is 1.13 bits per heavy atom. The lowest BCUT2D eigenvalue weighted by Crippen LogP contribution is -2.30. The second-order valence-electron chi connectivity index (χ2n) is 18.5. The van der Waals surface area contributed by atoms with Gasteiger partial charge in [0.15, 0.2) is 6.10 Å². The topological polar surface area (TPSA) is 61.8 Å². The first-order valence-electron chi connectivity index (χ1n) is 27.5. The largest absolute Gasteiger partial charge is 0.462 e. The van der Waals surface area contributed by atoms with E-state index in [0.29, 0.717) is 19.4 Å². The van der Waals surface area contributed by atoms with E-state index in [9.17, 15) is 9.59 Å². The summed E-state index contributed by atoms with van der Waals surface area (Å²) in [6.07, 6.45) is 64.4. The molecule has 0 spiro atoms. The Labute approximate surface area is 387 Å². The van der Waals surface area contributed by atoms with Gasteiger partial charge < -0.3 is 14.2 Å². The van der Waals surface area contributed by atoms with E-state index in [1.54, 1.807) is 0 Å². The zero-order chi connectivity index (χ0) is 44.9. The van der Waals surface area contributed by atoms with Crippen molar-refractivity contribution in [3.63, 3.8) is 0 Å². The first-order valence-corrected chi connectivity index (χ1v) is 27.5. The predicted octanol–water partition coefficient (Wildman–Crippen LogP) is 18.6. The minimum Gasteiger partial charge on any atom is -0.462 e. The van der Waals surface area contributed by atoms with Crippen molar-refractivity contribution in [1.82, 2.24) is 0 Å². The van der Waals surface area contributed by atoms with Crippen LogP contribution in [0.4, 0.5) is 0 Å². The highest BCUT2D eigenvalue weighted by Gasteiger charge is 2.17. The van der Waals surface area contributed by atoms with E-state index in [-0.39, 0.29) is 25.2 Å². The molecule has 364 valence electrons. The number of hydrogen-bond acceptors (Lipinski definition) is 5. The van der Waals surface area contributed by atoms with Crippen LogP contribution < -0.4 is 0 Å². The molecule has 5 heteroatoms. The van der Waals surface area contributed by atoms with E-state index in [1.165, 1.54) is 199 Å². The maximum atomic E-state index is 12.8. The summed E-state index contributed by atoms with van der Waals surface area (Å²) in [6, 6.07) is 0. The molecule has 0 aromatic heterocycles. The fourth-order valence-electron chi connectivity index (χ4n) is 8.01. The number of unbranched alkanes of at least 4 members (excludes halogenated alkanes) is 34. The molecule has 0 radical (unpaired) electrons. The van der Waals surface area contributed by atoms with Crippen molar-refractivity contribution >= 4 is 11.9 Å². The Kier molecular flexibility index (Phi) is 51.8. The first kappa shape index (κ1) is 60.1. The van der Waals surface area contributed by atoms with E-state index < -0.39 is 6.10 Å². The van der Waals surface area contributed by atoms with Crippen LogP contribution in [0.2, 0.25) is 0 Å². The third-order valence-electron chi connectivity index (χ3n) is 12.1. The predicted molar refractivity (Wildman–Crippen MR) is 270 cm³/mol. The number of esters is 2. The van der Waals surface area contributed by atoms with Crippen LogP contribution in [0, 0.1) is 0 Å². The first-order chi connectivity index (χ1) is 30.6. The molecule has 0 aromatic rings. The number of rotatable bonds is 51. The summed E-state index contributed by atoms with van der Waals surface area (Å²) in [6.45, 7) is 7.82. The molecule has 0 aromatic carbocycles. The van der Waals surface area contributed by atoms with Gasteiger partial charge in [-0.15, -0.1) is 0 Å². The van der Waals surface area contributed by atoms with Crippen LogP contribution in [-0.2, 0) is 23.8 Å². The zero-order valence-corrected chi connectivity index (χ0v) is 41.9. The number of ether oxygens (including phenoxy) is 3. The van der Waals surface area contributed by atoms with E-state index >= 15 is 0 Å². The molecule has 0 fully saturated rings. The monoisotopic (exact) mass is 871 g/mol. The Morgan fingerprint density at radius 2 is 0.677 bits per heavy atom. The third-order valence-corrected chi connectivity index (χ3v) is 12.1. The van der Waals surface area contributed by atoms with Crippen LogP contribution in [0.5, 0.6) is 0 Å². The standard InChI is InChI=1S/C57H106O5/c1-4-7-10-13-16-19-22-25-27-29-30-33-35-38-41-44-47-50-56(58)61-54-55(62-57(59)51-48-45-42-39-36-32-24-21-18-15-12-9-6-3)53-60-52-49-46-43-40-37-34-31-28-26-23-20-17-14-11-8-5-2/h16,19,21,24-25,27,55H,4-15,17-18,20,22-23,26,28-54H2,1-3H3/b19-16-,24-21-,27-25-. The van der Waals surface area contributed by atoms with Gasteiger partial charge in [-0.05, 0) is 77.0 Å². The van der Waals surface area contributed by atoms with Gasteiger partial charge in [0.05, 0.1) is 6.61 Å². The Morgan fingerprint density at radius 1 is 0.355 bits per heavy atom. The van der Waals surface area contributed by atoms with Crippen molar-refractivity contribution in [2.45, 2.75) is 297 Å². The lowest BCUT2D eigenvalue weighted by molar-refractivity contribution is -0.163. The van der Waals surface area contributed by atoms with E-state index in [0.717, 1.165) is 57.8 Å². The highest BCUT2D eigenvalue weighted by Crippen LogP contribution is 2.16. The van der Waals surface area contributed by atoms with E-state index in [1.807, 2.05) is 0 Å². The van der Waals surface area contributed by atoms with Crippen molar-refractivity contribution in [1.29, 1.82) is 0 Å². The van der Waals surface area contributed by atoms with E-state index in [4.69, 9.17) is 14.2 Å². The third kappa shape index (κ3) is 50.8. The van der Waals surface area contributed by atoms with Crippen molar-refractivity contribution < 1.29 is 23.8 Å². The molecule has 0 aliphatic rings. The summed E-state index contributed by atoms with van der Waals surface area (Å²) in [7, 11) is 0. The molecule has 62 heavy (non-hydrogen) atoms. The van der Waals surface area contributed by atoms with Crippen LogP contribution in [0.25, 0.3) is 0 Å². The van der Waals surface area contributed by atoms with Gasteiger partial charge in [-0.2, -0.15) is 0 Å². The van der Waals surface area contributed by atoms with Gasteiger partial charge in [-0.3, -0.25) is 9.59 Å². The van der Waals surface area contributed by atoms with Crippen LogP contribution in [0.3, 0.4) is 0 Å². The lowest BCUT2D eigenvalue weighted by Gasteiger charge is -2.18. The van der Waals surface area contributed by atoms with Gasteiger partial charge in [0.1, 0.15) is 6.61 Å². The molecule has 0 bridgehead atoms. The van der Waals surface area contributed by atoms with Crippen molar-refractivity contribution in [2.75, 3.05) is 19.8 Å². The van der Waals surface area contributed by atoms with Crippen LogP contribution in [0.15, 0.2) is 36.5 Å². The number of carbonyl (C=O) groups is 2. The van der Waals surface area contributed by atoms with E-state index in [2.05, 4.69) is 57.2 Å². The Balaban J connectivity index is 4.24. The molecule has 0 N–H and O–H groups in total. The van der Waals surface area contributed by atoms with Crippen LogP contribution >= 0.6 is 0 Å². The van der Waals surface area contributed by atoms with Gasteiger partial charge in [0.2, 0.25) is 0 Å².